The van der Waals surface area contributed by atoms with Gasteiger partial charge in [0.2, 0.25) is 0 Å². The van der Waals surface area contributed by atoms with E-state index in [4.69, 9.17) is 5.73 Å². The second kappa shape index (κ2) is 4.60. The lowest BCUT2D eigenvalue weighted by Crippen LogP contribution is -2.33. The Bertz CT molecular complexity index is 319. The molecule has 4 heteroatoms. The van der Waals surface area contributed by atoms with E-state index in [2.05, 4.69) is 10.3 Å². The number of rotatable bonds is 2. The van der Waals surface area contributed by atoms with Crippen LogP contribution < -0.4 is 11.1 Å². The molecule has 0 amide bonds. The fourth-order valence-electron chi connectivity index (χ4n) is 1.12. The Kier molecular flexibility index (Phi) is 3.45. The molecule has 0 aliphatic carbocycles. The van der Waals surface area contributed by atoms with Gasteiger partial charge in [0.25, 0.3) is 0 Å². The molecule has 0 heterocycles. The van der Waals surface area contributed by atoms with E-state index in [9.17, 15) is 4.39 Å². The van der Waals surface area contributed by atoms with Gasteiger partial charge in [0.05, 0.1) is 6.04 Å². The zero-order valence-electron chi connectivity index (χ0n) is 8.29. The summed E-state index contributed by atoms with van der Waals surface area (Å²) in [6.07, 6.45) is 0. The molecule has 0 bridgehead atoms. The van der Waals surface area contributed by atoms with E-state index < -0.39 is 0 Å². The second-order valence-electron chi connectivity index (χ2n) is 3.03. The van der Waals surface area contributed by atoms with Crippen LogP contribution in [0.25, 0.3) is 0 Å². The molecule has 14 heavy (non-hydrogen) atoms. The summed E-state index contributed by atoms with van der Waals surface area (Å²) in [7, 11) is 1.61. The minimum atomic E-state index is -0.238. The zero-order chi connectivity index (χ0) is 10.6. The van der Waals surface area contributed by atoms with E-state index in [1.807, 2.05) is 6.92 Å². The fourth-order valence-corrected chi connectivity index (χ4v) is 1.12. The number of halogens is 1. The van der Waals surface area contributed by atoms with Gasteiger partial charge >= 0.3 is 0 Å². The van der Waals surface area contributed by atoms with E-state index in [0.717, 1.165) is 5.56 Å². The Balaban J connectivity index is 2.70. The van der Waals surface area contributed by atoms with Crippen LogP contribution in [0.15, 0.2) is 29.3 Å². The lowest BCUT2D eigenvalue weighted by molar-refractivity contribution is 0.624. The van der Waals surface area contributed by atoms with Gasteiger partial charge in [-0.3, -0.25) is 4.99 Å². The molecule has 3 nitrogen and oxygen atoms in total. The van der Waals surface area contributed by atoms with Crippen molar-refractivity contribution in [3.8, 4) is 0 Å². The minimum absolute atomic E-state index is 0.0271. The molecule has 0 aliphatic heterocycles. The fraction of sp³-hybridized carbons (Fsp3) is 0.300. The minimum Gasteiger partial charge on any atom is -0.370 e. The van der Waals surface area contributed by atoms with Crippen molar-refractivity contribution >= 4 is 5.96 Å². The summed E-state index contributed by atoms with van der Waals surface area (Å²) in [5.74, 6) is 0.139. The first-order valence-corrected chi connectivity index (χ1v) is 4.37. The highest BCUT2D eigenvalue weighted by atomic mass is 19.1. The standard InChI is InChI=1S/C10H14FN3/c1-7(14-10(12)13-2)8-3-5-9(11)6-4-8/h3-7H,1-2H3,(H3,12,13,14)/t7-/m1/s1. The van der Waals surface area contributed by atoms with Gasteiger partial charge in [-0.05, 0) is 24.6 Å². The molecule has 3 N–H and O–H groups in total. The van der Waals surface area contributed by atoms with E-state index in [0.29, 0.717) is 5.96 Å². The number of aliphatic imine (C=N–C) groups is 1. The third-order valence-corrected chi connectivity index (χ3v) is 1.98. The van der Waals surface area contributed by atoms with Gasteiger partial charge < -0.3 is 11.1 Å². The molecular weight excluding hydrogens is 181 g/mol. The van der Waals surface area contributed by atoms with Crippen molar-refractivity contribution in [2.24, 2.45) is 10.7 Å². The van der Waals surface area contributed by atoms with E-state index in [-0.39, 0.29) is 11.9 Å². The van der Waals surface area contributed by atoms with Crippen LogP contribution >= 0.6 is 0 Å². The molecule has 0 fully saturated rings. The van der Waals surface area contributed by atoms with Crippen LogP contribution in [0.1, 0.15) is 18.5 Å². The van der Waals surface area contributed by atoms with E-state index >= 15 is 0 Å². The Morgan fingerprint density at radius 3 is 2.50 bits per heavy atom. The maximum absolute atomic E-state index is 12.6. The Labute approximate surface area is 82.8 Å². The second-order valence-corrected chi connectivity index (χ2v) is 3.03. The first kappa shape index (κ1) is 10.5. The highest BCUT2D eigenvalue weighted by molar-refractivity contribution is 5.78. The first-order chi connectivity index (χ1) is 6.63. The van der Waals surface area contributed by atoms with Crippen molar-refractivity contribution in [3.63, 3.8) is 0 Å². The molecule has 0 radical (unpaired) electrons. The normalized spacial score (nSPS) is 13.8. The van der Waals surface area contributed by atoms with Gasteiger partial charge in [-0.25, -0.2) is 4.39 Å². The number of hydrogen-bond acceptors (Lipinski definition) is 1. The largest absolute Gasteiger partial charge is 0.370 e. The smallest absolute Gasteiger partial charge is 0.188 e. The molecular formula is C10H14FN3. The average Bonchev–Trinajstić information content (AvgIpc) is 2.18. The molecule has 0 aliphatic rings. The molecule has 1 atom stereocenters. The van der Waals surface area contributed by atoms with Crippen molar-refractivity contribution < 1.29 is 4.39 Å². The summed E-state index contributed by atoms with van der Waals surface area (Å²) in [5.41, 5.74) is 6.48. The van der Waals surface area contributed by atoms with Crippen LogP contribution in [0.2, 0.25) is 0 Å². The van der Waals surface area contributed by atoms with Gasteiger partial charge in [-0.15, -0.1) is 0 Å². The van der Waals surface area contributed by atoms with Crippen LogP contribution in [-0.4, -0.2) is 13.0 Å². The molecule has 0 spiro atoms. The number of guanidine groups is 1. The summed E-state index contributed by atoms with van der Waals surface area (Å²) in [6.45, 7) is 1.94. The summed E-state index contributed by atoms with van der Waals surface area (Å²) in [6, 6.07) is 6.31. The van der Waals surface area contributed by atoms with Crippen molar-refractivity contribution in [2.75, 3.05) is 7.05 Å². The van der Waals surface area contributed by atoms with Crippen molar-refractivity contribution in [3.05, 3.63) is 35.6 Å². The molecule has 1 rings (SSSR count). The molecule has 0 saturated heterocycles. The quantitative estimate of drug-likeness (QED) is 0.554. The molecule has 0 unspecified atom stereocenters. The van der Waals surface area contributed by atoms with Crippen LogP contribution in [0.5, 0.6) is 0 Å². The Morgan fingerprint density at radius 2 is 2.00 bits per heavy atom. The monoisotopic (exact) mass is 195 g/mol. The van der Waals surface area contributed by atoms with Gasteiger partial charge in [0, 0.05) is 7.05 Å². The van der Waals surface area contributed by atoms with Gasteiger partial charge in [0.15, 0.2) is 5.96 Å². The highest BCUT2D eigenvalue weighted by Crippen LogP contribution is 2.12. The number of nitrogens with one attached hydrogen (secondary N) is 1. The number of nitrogens with zero attached hydrogens (tertiary/aromatic N) is 1. The molecule has 1 aromatic carbocycles. The molecule has 0 saturated carbocycles. The Morgan fingerprint density at radius 1 is 1.43 bits per heavy atom. The molecule has 76 valence electrons. The maximum Gasteiger partial charge on any atom is 0.188 e. The summed E-state index contributed by atoms with van der Waals surface area (Å²) < 4.78 is 12.6. The van der Waals surface area contributed by atoms with Gasteiger partial charge in [-0.1, -0.05) is 12.1 Å². The molecule has 0 aromatic heterocycles. The number of nitrogens with two attached hydrogens (primary N) is 1. The lowest BCUT2D eigenvalue weighted by Gasteiger charge is -2.14. The van der Waals surface area contributed by atoms with Crippen LogP contribution in [0.3, 0.4) is 0 Å². The average molecular weight is 195 g/mol. The van der Waals surface area contributed by atoms with Crippen molar-refractivity contribution in [1.29, 1.82) is 0 Å². The van der Waals surface area contributed by atoms with E-state index in [1.165, 1.54) is 12.1 Å². The van der Waals surface area contributed by atoms with Crippen LogP contribution in [0.4, 0.5) is 4.39 Å². The Hall–Kier alpha value is -1.58. The maximum atomic E-state index is 12.6. The predicted octanol–water partition coefficient (Wildman–Crippen LogP) is 1.42. The summed E-state index contributed by atoms with van der Waals surface area (Å²) in [4.78, 5) is 3.78. The molecule has 1 aromatic rings. The first-order valence-electron chi connectivity index (χ1n) is 4.37. The number of benzene rings is 1. The van der Waals surface area contributed by atoms with Crippen molar-refractivity contribution in [1.82, 2.24) is 5.32 Å². The van der Waals surface area contributed by atoms with Gasteiger partial charge in [-0.2, -0.15) is 0 Å². The topological polar surface area (TPSA) is 50.4 Å². The lowest BCUT2D eigenvalue weighted by atomic mass is 10.1. The van der Waals surface area contributed by atoms with Crippen molar-refractivity contribution in [2.45, 2.75) is 13.0 Å². The third-order valence-electron chi connectivity index (χ3n) is 1.98. The van der Waals surface area contributed by atoms with Crippen LogP contribution in [0, 0.1) is 5.82 Å². The zero-order valence-corrected chi connectivity index (χ0v) is 8.29. The SMILES string of the molecule is CN=C(N)N[C@H](C)c1ccc(F)cc1. The summed E-state index contributed by atoms with van der Waals surface area (Å²) >= 11 is 0. The highest BCUT2D eigenvalue weighted by Gasteiger charge is 2.04. The van der Waals surface area contributed by atoms with Gasteiger partial charge in [0.1, 0.15) is 5.82 Å². The third kappa shape index (κ3) is 2.73. The summed E-state index contributed by atoms with van der Waals surface area (Å²) in [5, 5.41) is 2.97. The predicted molar refractivity (Wildman–Crippen MR) is 55.5 cm³/mol. The number of hydrogen-bond donors (Lipinski definition) is 2. The van der Waals surface area contributed by atoms with Crippen LogP contribution in [-0.2, 0) is 0 Å². The van der Waals surface area contributed by atoms with E-state index in [1.54, 1.807) is 19.2 Å².